The molecule has 1 N–H and O–H groups in total. The second-order valence-electron chi connectivity index (χ2n) is 5.33. The monoisotopic (exact) mass is 303 g/mol. The summed E-state index contributed by atoms with van der Waals surface area (Å²) in [5.41, 5.74) is 3.75. The Balaban J connectivity index is 2.27. The van der Waals surface area contributed by atoms with E-state index in [1.165, 1.54) is 11.1 Å². The number of nitrogens with one attached hydrogen (secondary N) is 1. The maximum Gasteiger partial charge on any atom is 0.122 e. The number of benzene rings is 2. The number of hydrogen-bond donors (Lipinski definition) is 1. The van der Waals surface area contributed by atoms with Crippen LogP contribution in [0.1, 0.15) is 22.6 Å². The van der Waals surface area contributed by atoms with E-state index in [2.05, 4.69) is 36.5 Å². The highest BCUT2D eigenvalue weighted by atomic mass is 35.5. The van der Waals surface area contributed by atoms with Crippen molar-refractivity contribution in [1.29, 1.82) is 0 Å². The van der Waals surface area contributed by atoms with E-state index in [4.69, 9.17) is 16.3 Å². The van der Waals surface area contributed by atoms with Gasteiger partial charge in [0.1, 0.15) is 5.75 Å². The van der Waals surface area contributed by atoms with Crippen molar-refractivity contribution in [3.63, 3.8) is 0 Å². The topological polar surface area (TPSA) is 21.3 Å². The highest BCUT2D eigenvalue weighted by Gasteiger charge is 2.14. The third kappa shape index (κ3) is 4.23. The zero-order valence-corrected chi connectivity index (χ0v) is 13.6. The summed E-state index contributed by atoms with van der Waals surface area (Å²) < 4.78 is 5.46. The minimum Gasteiger partial charge on any atom is -0.496 e. The number of aryl methyl sites for hydroxylation is 1. The average Bonchev–Trinajstić information content (AvgIpc) is 2.48. The molecule has 0 radical (unpaired) electrons. The summed E-state index contributed by atoms with van der Waals surface area (Å²) in [6, 6.07) is 14.5. The van der Waals surface area contributed by atoms with Crippen LogP contribution in [-0.4, -0.2) is 20.7 Å². The first-order chi connectivity index (χ1) is 10.1. The van der Waals surface area contributed by atoms with Crippen LogP contribution in [0.2, 0.25) is 5.02 Å². The number of likely N-dealkylation sites (N-methyl/N-ethyl adjacent to an activating group) is 1. The highest BCUT2D eigenvalue weighted by Crippen LogP contribution is 2.29. The predicted molar refractivity (Wildman–Crippen MR) is 89.6 cm³/mol. The van der Waals surface area contributed by atoms with E-state index in [0.717, 1.165) is 29.3 Å². The molecule has 0 bridgehead atoms. The fourth-order valence-electron chi connectivity index (χ4n) is 2.57. The van der Waals surface area contributed by atoms with Gasteiger partial charge < -0.3 is 10.1 Å². The molecule has 0 aromatic heterocycles. The smallest absolute Gasteiger partial charge is 0.122 e. The summed E-state index contributed by atoms with van der Waals surface area (Å²) in [6.45, 7) is 3.02. The van der Waals surface area contributed by atoms with Crippen molar-refractivity contribution in [2.75, 3.05) is 20.7 Å². The lowest BCUT2D eigenvalue weighted by molar-refractivity contribution is 0.407. The maximum atomic E-state index is 6.13. The summed E-state index contributed by atoms with van der Waals surface area (Å²) in [7, 11) is 3.68. The quantitative estimate of drug-likeness (QED) is 0.863. The summed E-state index contributed by atoms with van der Waals surface area (Å²) in [5, 5.41) is 4.03. The van der Waals surface area contributed by atoms with Gasteiger partial charge in [0.2, 0.25) is 0 Å². The summed E-state index contributed by atoms with van der Waals surface area (Å²) in [6.07, 6.45) is 0.896. The minimum atomic E-state index is 0.392. The molecule has 2 aromatic carbocycles. The van der Waals surface area contributed by atoms with E-state index in [0.29, 0.717) is 5.92 Å². The van der Waals surface area contributed by atoms with Gasteiger partial charge in [-0.3, -0.25) is 0 Å². The molecule has 0 saturated heterocycles. The Labute approximate surface area is 132 Å². The average molecular weight is 304 g/mol. The van der Waals surface area contributed by atoms with Crippen LogP contribution in [0.3, 0.4) is 0 Å². The fourth-order valence-corrected chi connectivity index (χ4v) is 2.76. The standard InChI is InChI=1S/C18H22ClNO/c1-13-4-6-14(7-5-13)16(12-20-2)10-15-11-17(19)8-9-18(15)21-3/h4-9,11,16,20H,10,12H2,1-3H3. The molecule has 0 aliphatic carbocycles. The second-order valence-corrected chi connectivity index (χ2v) is 5.76. The van der Waals surface area contributed by atoms with Crippen LogP contribution in [0.15, 0.2) is 42.5 Å². The van der Waals surface area contributed by atoms with Crippen molar-refractivity contribution in [3.8, 4) is 5.75 Å². The van der Waals surface area contributed by atoms with Gasteiger partial charge in [0, 0.05) is 17.5 Å². The number of rotatable bonds is 6. The molecule has 0 heterocycles. The molecule has 21 heavy (non-hydrogen) atoms. The van der Waals surface area contributed by atoms with Gasteiger partial charge in [0.15, 0.2) is 0 Å². The minimum absolute atomic E-state index is 0.392. The van der Waals surface area contributed by atoms with Crippen LogP contribution >= 0.6 is 11.6 Å². The molecule has 1 atom stereocenters. The summed E-state index contributed by atoms with van der Waals surface area (Å²) >= 11 is 6.13. The van der Waals surface area contributed by atoms with Gasteiger partial charge in [-0.15, -0.1) is 0 Å². The Morgan fingerprint density at radius 1 is 1.14 bits per heavy atom. The van der Waals surface area contributed by atoms with Crippen molar-refractivity contribution in [1.82, 2.24) is 5.32 Å². The molecule has 3 heteroatoms. The summed E-state index contributed by atoms with van der Waals surface area (Å²) in [5.74, 6) is 1.29. The maximum absolute atomic E-state index is 6.13. The molecule has 0 aliphatic rings. The molecule has 2 rings (SSSR count). The molecule has 0 spiro atoms. The van der Waals surface area contributed by atoms with Crippen LogP contribution < -0.4 is 10.1 Å². The molecular formula is C18H22ClNO. The Bertz CT molecular complexity index is 580. The summed E-state index contributed by atoms with van der Waals surface area (Å²) in [4.78, 5) is 0. The van der Waals surface area contributed by atoms with E-state index in [1.54, 1.807) is 7.11 Å². The van der Waals surface area contributed by atoms with Gasteiger partial charge in [0.25, 0.3) is 0 Å². The fraction of sp³-hybridized carbons (Fsp3) is 0.333. The van der Waals surface area contributed by atoms with E-state index < -0.39 is 0 Å². The van der Waals surface area contributed by atoms with Crippen LogP contribution in [0.5, 0.6) is 5.75 Å². The Hall–Kier alpha value is -1.51. The molecule has 2 aromatic rings. The SMILES string of the molecule is CNCC(Cc1cc(Cl)ccc1OC)c1ccc(C)cc1. The Morgan fingerprint density at radius 2 is 1.86 bits per heavy atom. The lowest BCUT2D eigenvalue weighted by Crippen LogP contribution is -2.19. The highest BCUT2D eigenvalue weighted by molar-refractivity contribution is 6.30. The van der Waals surface area contributed by atoms with Crippen molar-refractivity contribution >= 4 is 11.6 Å². The van der Waals surface area contributed by atoms with Gasteiger partial charge in [0.05, 0.1) is 7.11 Å². The van der Waals surface area contributed by atoms with Crippen molar-refractivity contribution in [2.24, 2.45) is 0 Å². The zero-order valence-electron chi connectivity index (χ0n) is 12.8. The van der Waals surface area contributed by atoms with Gasteiger partial charge in [-0.1, -0.05) is 41.4 Å². The number of ether oxygens (including phenoxy) is 1. The normalized spacial score (nSPS) is 12.2. The Kier molecular flexibility index (Phi) is 5.66. The van der Waals surface area contributed by atoms with Crippen LogP contribution in [-0.2, 0) is 6.42 Å². The van der Waals surface area contributed by atoms with E-state index >= 15 is 0 Å². The van der Waals surface area contributed by atoms with Gasteiger partial charge in [-0.2, -0.15) is 0 Å². The van der Waals surface area contributed by atoms with Crippen molar-refractivity contribution in [2.45, 2.75) is 19.3 Å². The number of methoxy groups -OCH3 is 1. The lowest BCUT2D eigenvalue weighted by atomic mass is 9.91. The number of hydrogen-bond acceptors (Lipinski definition) is 2. The van der Waals surface area contributed by atoms with E-state index in [-0.39, 0.29) is 0 Å². The molecule has 0 amide bonds. The third-order valence-corrected chi connectivity index (χ3v) is 3.94. The molecule has 0 aliphatic heterocycles. The molecule has 2 nitrogen and oxygen atoms in total. The second kappa shape index (κ2) is 7.48. The predicted octanol–water partition coefficient (Wildman–Crippen LogP) is 4.20. The Morgan fingerprint density at radius 3 is 2.48 bits per heavy atom. The van der Waals surface area contributed by atoms with Crippen LogP contribution in [0, 0.1) is 6.92 Å². The first-order valence-electron chi connectivity index (χ1n) is 7.17. The first-order valence-corrected chi connectivity index (χ1v) is 7.55. The van der Waals surface area contributed by atoms with Gasteiger partial charge in [-0.05, 0) is 49.7 Å². The van der Waals surface area contributed by atoms with Crippen LogP contribution in [0.4, 0.5) is 0 Å². The third-order valence-electron chi connectivity index (χ3n) is 3.71. The largest absolute Gasteiger partial charge is 0.496 e. The molecule has 0 fully saturated rings. The van der Waals surface area contributed by atoms with Gasteiger partial charge >= 0.3 is 0 Å². The van der Waals surface area contributed by atoms with Crippen molar-refractivity contribution in [3.05, 3.63) is 64.2 Å². The first kappa shape index (κ1) is 15.9. The van der Waals surface area contributed by atoms with Crippen LogP contribution in [0.25, 0.3) is 0 Å². The molecule has 1 unspecified atom stereocenters. The molecular weight excluding hydrogens is 282 g/mol. The van der Waals surface area contributed by atoms with E-state index in [1.807, 2.05) is 25.2 Å². The van der Waals surface area contributed by atoms with Crippen molar-refractivity contribution < 1.29 is 4.74 Å². The molecule has 0 saturated carbocycles. The zero-order chi connectivity index (χ0) is 15.2. The lowest BCUT2D eigenvalue weighted by Gasteiger charge is -2.19. The number of halogens is 1. The van der Waals surface area contributed by atoms with Gasteiger partial charge in [-0.25, -0.2) is 0 Å². The molecule has 112 valence electrons. The van der Waals surface area contributed by atoms with E-state index in [9.17, 15) is 0 Å².